The molecule has 5 nitrogen and oxygen atoms in total. The van der Waals surface area contributed by atoms with Gasteiger partial charge in [0.25, 0.3) is 0 Å². The molecular weight excluding hydrogens is 322 g/mol. The van der Waals surface area contributed by atoms with Crippen LogP contribution in [0.2, 0.25) is 0 Å². The van der Waals surface area contributed by atoms with Gasteiger partial charge >= 0.3 is 0 Å². The van der Waals surface area contributed by atoms with Crippen LogP contribution in [-0.2, 0) is 6.42 Å². The second-order valence-corrected chi connectivity index (χ2v) is 6.35. The molecular formula is C21H17N5. The minimum atomic E-state index is 0.781. The van der Waals surface area contributed by atoms with Crippen molar-refractivity contribution in [3.8, 4) is 11.4 Å². The Morgan fingerprint density at radius 3 is 2.92 bits per heavy atom. The van der Waals surface area contributed by atoms with Crippen molar-refractivity contribution in [1.82, 2.24) is 20.2 Å². The molecule has 1 aliphatic rings. The van der Waals surface area contributed by atoms with Crippen molar-refractivity contribution >= 4 is 28.5 Å². The topological polar surface area (TPSA) is 66.5 Å². The van der Waals surface area contributed by atoms with Crippen molar-refractivity contribution in [3.05, 3.63) is 72.1 Å². The minimum Gasteiger partial charge on any atom is -0.340 e. The Bertz CT molecular complexity index is 1110. The lowest BCUT2D eigenvalue weighted by Gasteiger charge is -2.13. The number of aromatic nitrogens is 4. The molecule has 0 saturated heterocycles. The van der Waals surface area contributed by atoms with Crippen molar-refractivity contribution in [2.75, 3.05) is 5.32 Å². The fourth-order valence-corrected chi connectivity index (χ4v) is 3.40. The van der Waals surface area contributed by atoms with E-state index in [4.69, 9.17) is 0 Å². The van der Waals surface area contributed by atoms with E-state index in [0.29, 0.717) is 0 Å². The molecule has 1 aliphatic carbocycles. The molecule has 5 heteroatoms. The van der Waals surface area contributed by atoms with Crippen LogP contribution in [0.1, 0.15) is 17.5 Å². The zero-order valence-electron chi connectivity index (χ0n) is 14.1. The second-order valence-electron chi connectivity index (χ2n) is 6.35. The Balaban J connectivity index is 1.59. The average Bonchev–Trinajstić information content (AvgIpc) is 3.14. The fourth-order valence-electron chi connectivity index (χ4n) is 3.40. The predicted molar refractivity (Wildman–Crippen MR) is 104 cm³/mol. The van der Waals surface area contributed by atoms with Gasteiger partial charge in [0.05, 0.1) is 16.6 Å². The third kappa shape index (κ3) is 2.54. The van der Waals surface area contributed by atoms with Gasteiger partial charge in [0.2, 0.25) is 0 Å². The summed E-state index contributed by atoms with van der Waals surface area (Å²) in [5, 5.41) is 12.0. The number of hydrogen-bond acceptors (Lipinski definition) is 4. The third-order valence-electron chi connectivity index (χ3n) is 4.67. The molecule has 0 amide bonds. The summed E-state index contributed by atoms with van der Waals surface area (Å²) in [4.78, 5) is 8.99. The number of rotatable bonds is 3. The number of anilines is 2. The molecule has 4 aromatic rings. The molecule has 0 spiro atoms. The molecule has 2 N–H and O–H groups in total. The van der Waals surface area contributed by atoms with Crippen LogP contribution in [0, 0.1) is 0 Å². The van der Waals surface area contributed by atoms with Gasteiger partial charge in [-0.3, -0.25) is 10.1 Å². The van der Waals surface area contributed by atoms with E-state index in [2.05, 4.69) is 55.8 Å². The Labute approximate surface area is 150 Å². The molecule has 26 heavy (non-hydrogen) atoms. The van der Waals surface area contributed by atoms with Gasteiger partial charge in [0, 0.05) is 18.1 Å². The summed E-state index contributed by atoms with van der Waals surface area (Å²) in [6.07, 6.45) is 10.1. The van der Waals surface area contributed by atoms with Gasteiger partial charge in [0.15, 0.2) is 0 Å². The van der Waals surface area contributed by atoms with Crippen LogP contribution in [0.25, 0.3) is 28.4 Å². The number of nitrogens with zero attached hydrogens (tertiary/aromatic N) is 3. The average molecular weight is 339 g/mol. The van der Waals surface area contributed by atoms with Gasteiger partial charge in [-0.15, -0.1) is 0 Å². The Kier molecular flexibility index (Phi) is 3.49. The standard InChI is InChI=1S/C21H17N5/c1-2-6-15-13-16(9-8-14(15)5-1)24-21-19-17(10-12-23-21)25-26-20(19)18-7-3-4-11-22-18/h1,3-5,7-13H,2,6H2,(H,23,24)(H,25,26). The Hall–Kier alpha value is -3.47. The maximum absolute atomic E-state index is 4.56. The van der Waals surface area contributed by atoms with Gasteiger partial charge in [-0.2, -0.15) is 5.10 Å². The molecule has 0 atom stereocenters. The first-order valence-corrected chi connectivity index (χ1v) is 8.69. The molecule has 126 valence electrons. The number of hydrogen-bond donors (Lipinski definition) is 2. The number of benzene rings is 1. The SMILES string of the molecule is C1=Cc2ccc(Nc3nccc4[nH]nc(-c5ccccn5)c34)cc2CC1. The number of H-pyrrole nitrogens is 1. The van der Waals surface area contributed by atoms with Crippen LogP contribution in [0.5, 0.6) is 0 Å². The van der Waals surface area contributed by atoms with E-state index in [-0.39, 0.29) is 0 Å². The highest BCUT2D eigenvalue weighted by Gasteiger charge is 2.15. The van der Waals surface area contributed by atoms with E-state index in [9.17, 15) is 0 Å². The summed E-state index contributed by atoms with van der Waals surface area (Å²) in [5.41, 5.74) is 6.26. The van der Waals surface area contributed by atoms with Gasteiger partial charge in [-0.25, -0.2) is 4.98 Å². The van der Waals surface area contributed by atoms with Crippen LogP contribution < -0.4 is 5.32 Å². The predicted octanol–water partition coefficient (Wildman–Crippen LogP) is 4.72. The highest BCUT2D eigenvalue weighted by molar-refractivity contribution is 6.00. The number of aromatic amines is 1. The zero-order chi connectivity index (χ0) is 17.3. The Morgan fingerprint density at radius 2 is 2.00 bits per heavy atom. The van der Waals surface area contributed by atoms with Gasteiger partial charge < -0.3 is 5.32 Å². The van der Waals surface area contributed by atoms with E-state index in [1.54, 1.807) is 12.4 Å². The lowest BCUT2D eigenvalue weighted by atomic mass is 9.97. The highest BCUT2D eigenvalue weighted by Crippen LogP contribution is 2.32. The normalized spacial score (nSPS) is 12.9. The van der Waals surface area contributed by atoms with Crippen molar-refractivity contribution in [1.29, 1.82) is 0 Å². The first-order chi connectivity index (χ1) is 12.9. The number of pyridine rings is 2. The minimum absolute atomic E-state index is 0.781. The number of nitrogens with one attached hydrogen (secondary N) is 2. The quantitative estimate of drug-likeness (QED) is 0.566. The Morgan fingerprint density at radius 1 is 1.00 bits per heavy atom. The van der Waals surface area contributed by atoms with Crippen LogP contribution in [0.4, 0.5) is 11.5 Å². The zero-order valence-corrected chi connectivity index (χ0v) is 14.1. The maximum atomic E-state index is 4.56. The van der Waals surface area contributed by atoms with E-state index in [1.165, 1.54) is 11.1 Å². The number of allylic oxidation sites excluding steroid dienone is 1. The van der Waals surface area contributed by atoms with Crippen molar-refractivity contribution in [2.24, 2.45) is 0 Å². The van der Waals surface area contributed by atoms with E-state index < -0.39 is 0 Å². The smallest absolute Gasteiger partial charge is 0.142 e. The fraction of sp³-hybridized carbons (Fsp3) is 0.0952. The molecule has 3 heterocycles. The monoisotopic (exact) mass is 339 g/mol. The molecule has 0 radical (unpaired) electrons. The molecule has 0 fully saturated rings. The van der Waals surface area contributed by atoms with Crippen LogP contribution in [-0.4, -0.2) is 20.2 Å². The lowest BCUT2D eigenvalue weighted by Crippen LogP contribution is -1.99. The maximum Gasteiger partial charge on any atom is 0.142 e. The first kappa shape index (κ1) is 14.8. The van der Waals surface area contributed by atoms with Gasteiger partial charge in [-0.05, 0) is 54.3 Å². The van der Waals surface area contributed by atoms with E-state index >= 15 is 0 Å². The number of fused-ring (bicyclic) bond motifs is 2. The van der Waals surface area contributed by atoms with Gasteiger partial charge in [-0.1, -0.05) is 24.3 Å². The lowest BCUT2D eigenvalue weighted by molar-refractivity contribution is 0.986. The molecule has 3 aromatic heterocycles. The van der Waals surface area contributed by atoms with Crippen molar-refractivity contribution in [3.63, 3.8) is 0 Å². The molecule has 1 aromatic carbocycles. The van der Waals surface area contributed by atoms with Gasteiger partial charge in [0.1, 0.15) is 11.5 Å². The molecule has 0 aliphatic heterocycles. The molecule has 5 rings (SSSR count). The molecule has 0 unspecified atom stereocenters. The van der Waals surface area contributed by atoms with Crippen molar-refractivity contribution in [2.45, 2.75) is 12.8 Å². The summed E-state index contributed by atoms with van der Waals surface area (Å²) in [5.74, 6) is 0.781. The summed E-state index contributed by atoms with van der Waals surface area (Å²) in [7, 11) is 0. The third-order valence-corrected chi connectivity index (χ3v) is 4.67. The van der Waals surface area contributed by atoms with E-state index in [1.807, 2.05) is 24.3 Å². The summed E-state index contributed by atoms with van der Waals surface area (Å²) in [6, 6.07) is 14.2. The first-order valence-electron chi connectivity index (χ1n) is 8.69. The summed E-state index contributed by atoms with van der Waals surface area (Å²) in [6.45, 7) is 0. The van der Waals surface area contributed by atoms with Crippen LogP contribution in [0.15, 0.2) is 60.9 Å². The van der Waals surface area contributed by atoms with Crippen LogP contribution >= 0.6 is 0 Å². The van der Waals surface area contributed by atoms with Crippen LogP contribution in [0.3, 0.4) is 0 Å². The second kappa shape index (κ2) is 6.11. The largest absolute Gasteiger partial charge is 0.340 e. The summed E-state index contributed by atoms with van der Waals surface area (Å²) < 4.78 is 0. The molecule has 0 saturated carbocycles. The highest BCUT2D eigenvalue weighted by atomic mass is 15.1. The van der Waals surface area contributed by atoms with Crippen molar-refractivity contribution < 1.29 is 0 Å². The number of aryl methyl sites for hydroxylation is 1. The molecule has 0 bridgehead atoms. The van der Waals surface area contributed by atoms with E-state index in [0.717, 1.165) is 46.6 Å². The summed E-state index contributed by atoms with van der Waals surface area (Å²) >= 11 is 0.